The fraction of sp³-hybridized carbons (Fsp3) is 0.259. The van der Waals surface area contributed by atoms with Gasteiger partial charge in [-0.05, 0) is 0 Å². The van der Waals surface area contributed by atoms with Crippen LogP contribution in [0.4, 0.5) is 0 Å². The van der Waals surface area contributed by atoms with Gasteiger partial charge < -0.3 is 0 Å². The molecule has 2 aliphatic carbocycles. The summed E-state index contributed by atoms with van der Waals surface area (Å²) in [6.45, 7) is 25.3. The number of hydrogen-bond acceptors (Lipinski definition) is 0. The number of hydrogen-bond donors (Lipinski definition) is 0. The maximum atomic E-state index is 2.80. The molecule has 0 amide bonds. The zero-order chi connectivity index (χ0) is 40.0. The maximum Gasteiger partial charge on any atom is -0.147 e. The first kappa shape index (κ1) is 44.0. The van der Waals surface area contributed by atoms with E-state index in [1.165, 1.54) is 111 Å². The van der Waals surface area contributed by atoms with E-state index in [1.54, 1.807) is 11.1 Å². The van der Waals surface area contributed by atoms with Gasteiger partial charge in [0, 0.05) is 0 Å². The molecule has 58 heavy (non-hydrogen) atoms. The third-order valence-electron chi connectivity index (χ3n) is 12.8. The molecule has 2 unspecified atom stereocenters. The number of allylic oxidation sites excluding steroid dienone is 2. The van der Waals surface area contributed by atoms with Crippen molar-refractivity contribution in [1.82, 2.24) is 0 Å². The molecule has 0 aliphatic heterocycles. The van der Waals surface area contributed by atoms with Crippen LogP contribution in [0.2, 0.25) is 9.26 Å². The second-order valence-electron chi connectivity index (χ2n) is 19.1. The average Bonchev–Trinajstić information content (AvgIpc) is 3.63. The molecule has 2 atom stereocenters. The fourth-order valence-electron chi connectivity index (χ4n) is 11.4. The van der Waals surface area contributed by atoms with Gasteiger partial charge in [-0.2, -0.15) is 0 Å². The third kappa shape index (κ3) is 7.69. The van der Waals surface area contributed by atoms with Gasteiger partial charge in [0.2, 0.25) is 0 Å². The molecule has 6 aromatic carbocycles. The monoisotopic (exact) mass is 896 g/mol. The van der Waals surface area contributed by atoms with Crippen LogP contribution >= 0.6 is 24.8 Å². The van der Waals surface area contributed by atoms with Crippen molar-refractivity contribution in [2.75, 3.05) is 0 Å². The van der Waals surface area contributed by atoms with Crippen LogP contribution in [0.3, 0.4) is 0 Å². The van der Waals surface area contributed by atoms with Crippen molar-refractivity contribution in [2.24, 2.45) is 0 Å². The van der Waals surface area contributed by atoms with Crippen molar-refractivity contribution < 1.29 is 17.4 Å². The summed E-state index contributed by atoms with van der Waals surface area (Å²) in [6.07, 6.45) is 5.19. The van der Waals surface area contributed by atoms with Crippen molar-refractivity contribution in [3.63, 3.8) is 0 Å². The van der Waals surface area contributed by atoms with Crippen molar-refractivity contribution in [1.29, 1.82) is 0 Å². The SMILES string of the molecule is CC1=Cc2c(-c3cc(C)cc(C)c3)ccc(-c3cc(C)cc(C)c3)c2[CH]1[Zr]([CH3])([CH3])(=[SiH2])[CH]1C(C)=Cc2c(-c3cc(C)cc(C)c3)ccc(-c3cc(C)cc(C)c3)c21.Cl.Cl. The van der Waals surface area contributed by atoms with E-state index in [9.17, 15) is 0 Å². The van der Waals surface area contributed by atoms with Crippen molar-refractivity contribution in [3.8, 4) is 44.5 Å². The molecule has 0 N–H and O–H groups in total. The zero-order valence-corrected chi connectivity index (χ0v) is 42.1. The summed E-state index contributed by atoms with van der Waals surface area (Å²) < 4.78 is 6.36. The van der Waals surface area contributed by atoms with Crippen LogP contribution in [-0.2, 0) is 17.4 Å². The molecule has 0 bridgehead atoms. The third-order valence-corrected chi connectivity index (χ3v) is 30.6. The zero-order valence-electron chi connectivity index (χ0n) is 36.6. The van der Waals surface area contributed by atoms with E-state index in [0.29, 0.717) is 7.25 Å². The van der Waals surface area contributed by atoms with Gasteiger partial charge in [0.15, 0.2) is 0 Å². The number of benzene rings is 6. The molecule has 0 saturated heterocycles. The van der Waals surface area contributed by atoms with Crippen LogP contribution in [0, 0.1) is 55.4 Å². The Morgan fingerprint density at radius 2 is 0.586 bits per heavy atom. The second kappa shape index (κ2) is 15.8. The van der Waals surface area contributed by atoms with E-state index < -0.39 is 17.4 Å². The van der Waals surface area contributed by atoms with Crippen LogP contribution in [0.15, 0.2) is 108 Å². The van der Waals surface area contributed by atoms with Gasteiger partial charge in [-0.15, -0.1) is 24.8 Å². The summed E-state index contributed by atoms with van der Waals surface area (Å²) in [6, 6.07) is 38.2. The molecule has 0 saturated carbocycles. The summed E-state index contributed by atoms with van der Waals surface area (Å²) in [4.78, 5) is 0. The minimum absolute atomic E-state index is 0. The van der Waals surface area contributed by atoms with Crippen molar-refractivity contribution in [3.05, 3.63) is 175 Å². The van der Waals surface area contributed by atoms with E-state index in [1.807, 2.05) is 0 Å². The average molecular weight is 899 g/mol. The van der Waals surface area contributed by atoms with E-state index >= 15 is 0 Å². The quantitative estimate of drug-likeness (QED) is 0.146. The Morgan fingerprint density at radius 1 is 0.362 bits per heavy atom. The molecular weight excluding hydrogens is 839 g/mol. The van der Waals surface area contributed by atoms with Gasteiger partial charge >= 0.3 is 342 Å². The Bertz CT molecular complexity index is 2530. The molecule has 0 aromatic heterocycles. The molecule has 2 aliphatic rings. The van der Waals surface area contributed by atoms with Gasteiger partial charge in [0.05, 0.1) is 0 Å². The van der Waals surface area contributed by atoms with Crippen LogP contribution in [0.5, 0.6) is 0 Å². The first-order chi connectivity index (χ1) is 26.4. The van der Waals surface area contributed by atoms with Crippen LogP contribution in [0.1, 0.15) is 87.9 Å². The van der Waals surface area contributed by atoms with E-state index in [2.05, 4.69) is 195 Å². The Hall–Kier alpha value is -3.52. The van der Waals surface area contributed by atoms with Crippen LogP contribution in [-0.4, -0.2) is 6.88 Å². The van der Waals surface area contributed by atoms with Gasteiger partial charge in [-0.3, -0.25) is 0 Å². The summed E-state index contributed by atoms with van der Waals surface area (Å²) >= 11 is -4.06. The van der Waals surface area contributed by atoms with Gasteiger partial charge in [0.25, 0.3) is 0 Å². The molecule has 0 heterocycles. The summed E-state index contributed by atoms with van der Waals surface area (Å²) in [5.74, 6) is 0. The fourth-order valence-corrected chi connectivity index (χ4v) is 32.4. The van der Waals surface area contributed by atoms with Crippen LogP contribution < -0.4 is 0 Å². The number of rotatable bonds is 6. The van der Waals surface area contributed by atoms with Crippen molar-refractivity contribution >= 4 is 43.8 Å². The topological polar surface area (TPSA) is 0 Å². The number of aryl methyl sites for hydroxylation is 8. The Kier molecular flexibility index (Phi) is 12.0. The van der Waals surface area contributed by atoms with Gasteiger partial charge in [-0.25, -0.2) is 0 Å². The normalized spacial score (nSPS) is 15.9. The smallest absolute Gasteiger partial charge is 0.147 e. The Labute approximate surface area is 363 Å². The van der Waals surface area contributed by atoms with E-state index in [-0.39, 0.29) is 24.8 Å². The Balaban J connectivity index is 0.00000283. The van der Waals surface area contributed by atoms with Crippen LogP contribution in [0.25, 0.3) is 56.7 Å². The second-order valence-corrected chi connectivity index (χ2v) is 49.5. The summed E-state index contributed by atoms with van der Waals surface area (Å²) in [5.41, 5.74) is 30.5. The summed E-state index contributed by atoms with van der Waals surface area (Å²) in [5, 5.41) is 0. The predicted molar refractivity (Wildman–Crippen MR) is 260 cm³/mol. The molecule has 0 spiro atoms. The van der Waals surface area contributed by atoms with Gasteiger partial charge in [0.1, 0.15) is 0 Å². The van der Waals surface area contributed by atoms with Crippen molar-refractivity contribution in [2.45, 2.75) is 85.8 Å². The van der Waals surface area contributed by atoms with E-state index in [4.69, 9.17) is 0 Å². The first-order valence-corrected chi connectivity index (χ1v) is 34.2. The molecule has 0 radical (unpaired) electrons. The largest absolute Gasteiger partial charge is 0.147 e. The first-order valence-electron chi connectivity index (χ1n) is 20.5. The number of fused-ring (bicyclic) bond motifs is 2. The molecule has 0 fully saturated rings. The summed E-state index contributed by atoms with van der Waals surface area (Å²) in [7, 11) is 0. The molecule has 8 rings (SSSR count). The van der Waals surface area contributed by atoms with E-state index in [0.717, 1.165) is 0 Å². The maximum absolute atomic E-state index is 4.06. The number of halogens is 2. The molecule has 0 nitrogen and oxygen atoms in total. The minimum Gasteiger partial charge on any atom is -0.147 e. The molecular formula is C54H60Cl2SiZr. The molecule has 6 aromatic rings. The minimum atomic E-state index is -4.06. The molecule has 4 heteroatoms. The Morgan fingerprint density at radius 3 is 0.845 bits per heavy atom. The standard InChI is InChI=1S/2C26H25.2CH3.2ClH.H2Si.Zr/c2*1-16-8-17(2)11-21(10-16)23-6-7-24(26-15-20(5)14-25(23)26)22-12-18(3)9-19(4)13-22;;;;;;/h2*6-15H,1-5H3;2*1H3;2*1H;1H2;. The van der Waals surface area contributed by atoms with Gasteiger partial charge in [-0.1, -0.05) is 0 Å². The predicted octanol–water partition coefficient (Wildman–Crippen LogP) is 15.6. The molecule has 298 valence electrons.